The molecule has 0 unspecified atom stereocenters. The van der Waals surface area contributed by atoms with Gasteiger partial charge in [-0.15, -0.1) is 0 Å². The van der Waals surface area contributed by atoms with Gasteiger partial charge in [-0.1, -0.05) is 17.3 Å². The third kappa shape index (κ3) is 1.84. The summed E-state index contributed by atoms with van der Waals surface area (Å²) >= 11 is 0. The van der Waals surface area contributed by atoms with E-state index in [0.717, 1.165) is 11.3 Å². The highest BCUT2D eigenvalue weighted by Gasteiger charge is 2.13. The predicted octanol–water partition coefficient (Wildman–Crippen LogP) is 2.40. The summed E-state index contributed by atoms with van der Waals surface area (Å²) in [6.45, 7) is 0. The van der Waals surface area contributed by atoms with Crippen LogP contribution in [0.2, 0.25) is 0 Å². The van der Waals surface area contributed by atoms with E-state index in [1.165, 1.54) is 12.6 Å². The summed E-state index contributed by atoms with van der Waals surface area (Å²) < 4.78 is 15.3. The van der Waals surface area contributed by atoms with Crippen LogP contribution < -0.4 is 4.74 Å². The van der Waals surface area contributed by atoms with Gasteiger partial charge >= 0.3 is 0 Å². The van der Waals surface area contributed by atoms with Crippen molar-refractivity contribution in [1.82, 2.24) is 15.1 Å². The lowest BCUT2D eigenvalue weighted by molar-refractivity contribution is 0.413. The molecule has 0 fully saturated rings. The first-order valence-electron chi connectivity index (χ1n) is 5.24. The Labute approximate surface area is 102 Å². The summed E-state index contributed by atoms with van der Waals surface area (Å²) in [7, 11) is 1.61. The zero-order valence-corrected chi connectivity index (χ0v) is 9.53. The van der Waals surface area contributed by atoms with Crippen molar-refractivity contribution in [3.8, 4) is 28.8 Å². The maximum absolute atomic E-state index is 5.14. The molecule has 2 aromatic heterocycles. The molecule has 0 aliphatic carbocycles. The van der Waals surface area contributed by atoms with Gasteiger partial charge in [-0.3, -0.25) is 0 Å². The van der Waals surface area contributed by atoms with Gasteiger partial charge in [0.1, 0.15) is 5.75 Å². The zero-order chi connectivity index (χ0) is 12.4. The molecule has 2 heterocycles. The van der Waals surface area contributed by atoms with Crippen LogP contribution >= 0.6 is 0 Å². The summed E-state index contributed by atoms with van der Waals surface area (Å²) in [5.41, 5.74) is 0.809. The second-order valence-electron chi connectivity index (χ2n) is 3.52. The molecular weight excluding hydrogens is 234 g/mol. The van der Waals surface area contributed by atoms with Gasteiger partial charge in [-0.25, -0.2) is 4.98 Å². The molecule has 0 aliphatic rings. The van der Waals surface area contributed by atoms with Crippen LogP contribution in [0.1, 0.15) is 0 Å². The van der Waals surface area contributed by atoms with Gasteiger partial charge in [0.25, 0.3) is 5.89 Å². The third-order valence-electron chi connectivity index (χ3n) is 2.40. The largest absolute Gasteiger partial charge is 0.497 e. The van der Waals surface area contributed by atoms with Gasteiger partial charge in [-0.05, 0) is 12.1 Å². The minimum Gasteiger partial charge on any atom is -0.497 e. The van der Waals surface area contributed by atoms with E-state index < -0.39 is 0 Å². The number of hydrogen-bond donors (Lipinski definition) is 0. The van der Waals surface area contributed by atoms with Crippen LogP contribution in [0.3, 0.4) is 0 Å². The molecule has 3 rings (SSSR count). The molecule has 6 nitrogen and oxygen atoms in total. The van der Waals surface area contributed by atoms with Gasteiger partial charge < -0.3 is 13.7 Å². The number of benzene rings is 1. The average molecular weight is 243 g/mol. The van der Waals surface area contributed by atoms with Crippen molar-refractivity contribution in [3.63, 3.8) is 0 Å². The van der Waals surface area contributed by atoms with Crippen molar-refractivity contribution in [2.75, 3.05) is 7.11 Å². The lowest BCUT2D eigenvalue weighted by Gasteiger charge is -1.99. The van der Waals surface area contributed by atoms with Crippen LogP contribution in [0.15, 0.2) is 45.8 Å². The van der Waals surface area contributed by atoms with Crippen molar-refractivity contribution < 1.29 is 13.7 Å². The van der Waals surface area contributed by atoms with E-state index in [9.17, 15) is 0 Å². The topological polar surface area (TPSA) is 74.2 Å². The minimum absolute atomic E-state index is 0.297. The molecule has 0 radical (unpaired) electrons. The summed E-state index contributed by atoms with van der Waals surface area (Å²) in [5.74, 6) is 1.95. The second kappa shape index (κ2) is 4.33. The number of oxazole rings is 1. The number of methoxy groups -OCH3 is 1. The number of nitrogens with zero attached hydrogens (tertiary/aromatic N) is 3. The highest BCUT2D eigenvalue weighted by Crippen LogP contribution is 2.24. The van der Waals surface area contributed by atoms with Gasteiger partial charge in [0.05, 0.1) is 13.3 Å². The first kappa shape index (κ1) is 10.5. The summed E-state index contributed by atoms with van der Waals surface area (Å²) in [4.78, 5) is 8.02. The van der Waals surface area contributed by atoms with Crippen LogP contribution in [0.4, 0.5) is 0 Å². The first-order valence-corrected chi connectivity index (χ1v) is 5.24. The Morgan fingerprint density at radius 3 is 3.00 bits per heavy atom. The smallest absolute Gasteiger partial charge is 0.295 e. The fourth-order valence-corrected chi connectivity index (χ4v) is 1.52. The lowest BCUT2D eigenvalue weighted by atomic mass is 10.2. The van der Waals surface area contributed by atoms with Gasteiger partial charge in [0, 0.05) is 5.56 Å². The van der Waals surface area contributed by atoms with E-state index in [1.54, 1.807) is 7.11 Å². The summed E-state index contributed by atoms with van der Waals surface area (Å²) in [6, 6.07) is 7.41. The van der Waals surface area contributed by atoms with Crippen LogP contribution in [-0.4, -0.2) is 22.2 Å². The molecule has 90 valence electrons. The fourth-order valence-electron chi connectivity index (χ4n) is 1.52. The van der Waals surface area contributed by atoms with Crippen molar-refractivity contribution in [2.24, 2.45) is 0 Å². The van der Waals surface area contributed by atoms with Crippen molar-refractivity contribution in [1.29, 1.82) is 0 Å². The molecule has 18 heavy (non-hydrogen) atoms. The van der Waals surface area contributed by atoms with Crippen LogP contribution in [-0.2, 0) is 0 Å². The molecule has 0 saturated heterocycles. The van der Waals surface area contributed by atoms with Gasteiger partial charge in [0.15, 0.2) is 6.39 Å². The number of hydrogen-bond acceptors (Lipinski definition) is 6. The normalized spacial score (nSPS) is 10.5. The molecular formula is C12H9N3O3. The SMILES string of the molecule is COc1cccc(-c2noc(-c3cnco3)n2)c1. The number of aromatic nitrogens is 3. The molecule has 0 atom stereocenters. The Bertz CT molecular complexity index is 646. The molecule has 0 spiro atoms. The molecule has 0 bridgehead atoms. The van der Waals surface area contributed by atoms with E-state index in [2.05, 4.69) is 15.1 Å². The van der Waals surface area contributed by atoms with E-state index in [4.69, 9.17) is 13.7 Å². The first-order chi connectivity index (χ1) is 8.86. The van der Waals surface area contributed by atoms with E-state index in [-0.39, 0.29) is 0 Å². The predicted molar refractivity (Wildman–Crippen MR) is 61.8 cm³/mol. The average Bonchev–Trinajstić information content (AvgIpc) is 3.09. The fraction of sp³-hybridized carbons (Fsp3) is 0.0833. The molecule has 0 saturated carbocycles. The lowest BCUT2D eigenvalue weighted by Crippen LogP contribution is -1.85. The Kier molecular flexibility index (Phi) is 2.53. The van der Waals surface area contributed by atoms with Crippen LogP contribution in [0, 0.1) is 0 Å². The quantitative estimate of drug-likeness (QED) is 0.703. The Morgan fingerprint density at radius 1 is 1.28 bits per heavy atom. The Hall–Kier alpha value is -2.63. The molecule has 0 N–H and O–H groups in total. The van der Waals surface area contributed by atoms with E-state index in [0.29, 0.717) is 17.5 Å². The van der Waals surface area contributed by atoms with Crippen molar-refractivity contribution in [3.05, 3.63) is 36.9 Å². The van der Waals surface area contributed by atoms with E-state index in [1.807, 2.05) is 24.3 Å². The van der Waals surface area contributed by atoms with Crippen molar-refractivity contribution >= 4 is 0 Å². The van der Waals surface area contributed by atoms with Crippen molar-refractivity contribution in [2.45, 2.75) is 0 Å². The molecule has 0 amide bonds. The van der Waals surface area contributed by atoms with Gasteiger partial charge in [0.2, 0.25) is 11.6 Å². The molecule has 6 heteroatoms. The second-order valence-corrected chi connectivity index (χ2v) is 3.52. The van der Waals surface area contributed by atoms with Crippen LogP contribution in [0.5, 0.6) is 5.75 Å². The van der Waals surface area contributed by atoms with Gasteiger partial charge in [-0.2, -0.15) is 4.98 Å². The minimum atomic E-state index is 0.297. The Morgan fingerprint density at radius 2 is 2.22 bits per heavy atom. The Balaban J connectivity index is 1.97. The standard InChI is InChI=1S/C12H9N3O3/c1-16-9-4-2-3-8(5-9)11-14-12(18-15-11)10-6-13-7-17-10/h2-7H,1H3. The maximum atomic E-state index is 5.14. The zero-order valence-electron chi connectivity index (χ0n) is 9.53. The monoisotopic (exact) mass is 243 g/mol. The van der Waals surface area contributed by atoms with E-state index >= 15 is 0 Å². The molecule has 0 aliphatic heterocycles. The summed E-state index contributed by atoms with van der Waals surface area (Å²) in [5, 5.41) is 3.89. The highest BCUT2D eigenvalue weighted by atomic mass is 16.5. The molecule has 3 aromatic rings. The third-order valence-corrected chi connectivity index (χ3v) is 2.40. The summed E-state index contributed by atoms with van der Waals surface area (Å²) in [6.07, 6.45) is 2.83. The number of ether oxygens (including phenoxy) is 1. The highest BCUT2D eigenvalue weighted by molar-refractivity contribution is 5.59. The number of rotatable bonds is 3. The molecule has 1 aromatic carbocycles. The van der Waals surface area contributed by atoms with Crippen LogP contribution in [0.25, 0.3) is 23.0 Å². The maximum Gasteiger partial charge on any atom is 0.295 e.